The first kappa shape index (κ1) is 17.8. The SMILES string of the molecule is Nc1c(S)cccc1OP.Nc1c(S)cccc1SP. The Hall–Kier alpha value is -0.250. The third-order valence-electron chi connectivity index (χ3n) is 2.34. The summed E-state index contributed by atoms with van der Waals surface area (Å²) in [5.74, 6) is 0.637. The van der Waals surface area contributed by atoms with Gasteiger partial charge < -0.3 is 16.0 Å². The van der Waals surface area contributed by atoms with E-state index in [4.69, 9.17) is 16.0 Å². The lowest BCUT2D eigenvalue weighted by Crippen LogP contribution is -1.89. The molecule has 0 fully saturated rings. The van der Waals surface area contributed by atoms with E-state index in [2.05, 4.69) is 43.2 Å². The highest BCUT2D eigenvalue weighted by atomic mass is 32.7. The fraction of sp³-hybridized carbons (Fsp3) is 0. The van der Waals surface area contributed by atoms with Crippen molar-refractivity contribution in [3.05, 3.63) is 36.4 Å². The molecule has 0 aliphatic rings. The van der Waals surface area contributed by atoms with Gasteiger partial charge in [0.05, 0.1) is 20.8 Å². The van der Waals surface area contributed by atoms with Gasteiger partial charge in [-0.3, -0.25) is 0 Å². The third-order valence-corrected chi connectivity index (χ3v) is 4.75. The van der Waals surface area contributed by atoms with Gasteiger partial charge in [-0.1, -0.05) is 20.6 Å². The Morgan fingerprint density at radius 2 is 1.50 bits per heavy atom. The lowest BCUT2D eigenvalue weighted by atomic mass is 10.3. The second-order valence-corrected chi connectivity index (χ2v) is 6.20. The van der Waals surface area contributed by atoms with Crippen molar-refractivity contribution in [3.63, 3.8) is 0 Å². The van der Waals surface area contributed by atoms with Crippen LogP contribution in [0, 0.1) is 0 Å². The highest BCUT2D eigenvalue weighted by Crippen LogP contribution is 2.33. The Kier molecular flexibility index (Phi) is 7.93. The minimum Gasteiger partial charge on any atom is -0.478 e. The molecule has 0 spiro atoms. The zero-order chi connectivity index (χ0) is 15.1. The van der Waals surface area contributed by atoms with Crippen molar-refractivity contribution >= 4 is 65.9 Å². The third kappa shape index (κ3) is 4.94. The number of benzene rings is 2. The van der Waals surface area contributed by atoms with Crippen LogP contribution in [-0.2, 0) is 0 Å². The summed E-state index contributed by atoms with van der Waals surface area (Å²) in [7, 11) is 4.69. The molecule has 2 aromatic rings. The van der Waals surface area contributed by atoms with Gasteiger partial charge in [0.15, 0.2) is 0 Å². The highest BCUT2D eigenvalue weighted by Gasteiger charge is 1.99. The smallest absolute Gasteiger partial charge is 0.146 e. The van der Waals surface area contributed by atoms with Crippen LogP contribution in [0.5, 0.6) is 5.75 Å². The van der Waals surface area contributed by atoms with Gasteiger partial charge in [-0.2, -0.15) is 0 Å². The van der Waals surface area contributed by atoms with Gasteiger partial charge in [-0.25, -0.2) is 0 Å². The van der Waals surface area contributed by atoms with Gasteiger partial charge in [-0.15, -0.1) is 36.6 Å². The standard InChI is InChI=1S/C6H8NOPS.C6H8NPS2/c7-6-4(8-9)2-1-3-5(6)10;7-6-4(9)2-1-3-5(6)10-8/h1-3,10H,7,9H2;1-3,9H,7-8H2. The van der Waals surface area contributed by atoms with Gasteiger partial charge in [-0.05, 0) is 24.3 Å². The second-order valence-electron chi connectivity index (χ2n) is 3.61. The van der Waals surface area contributed by atoms with Crippen LogP contribution in [-0.4, -0.2) is 0 Å². The van der Waals surface area contributed by atoms with Crippen LogP contribution >= 0.6 is 54.5 Å². The van der Waals surface area contributed by atoms with Crippen molar-refractivity contribution in [3.8, 4) is 5.75 Å². The predicted molar refractivity (Wildman–Crippen MR) is 102 cm³/mol. The first-order valence-corrected chi connectivity index (χ1v) is 9.05. The zero-order valence-corrected chi connectivity index (χ0v) is 15.4. The molecule has 0 saturated heterocycles. The van der Waals surface area contributed by atoms with Crippen molar-refractivity contribution in [2.24, 2.45) is 0 Å². The lowest BCUT2D eigenvalue weighted by molar-refractivity contribution is 0.647. The number of hydrogen-bond donors (Lipinski definition) is 4. The summed E-state index contributed by atoms with van der Waals surface area (Å²) in [5, 5.41) is 0. The Morgan fingerprint density at radius 3 is 1.95 bits per heavy atom. The van der Waals surface area contributed by atoms with Crippen molar-refractivity contribution < 1.29 is 4.52 Å². The predicted octanol–water partition coefficient (Wildman–Crippen LogP) is 4.17. The molecule has 0 radical (unpaired) electrons. The molecular formula is C12H16N2OP2S3. The van der Waals surface area contributed by atoms with E-state index >= 15 is 0 Å². The monoisotopic (exact) mass is 362 g/mol. The first-order valence-electron chi connectivity index (χ1n) is 5.39. The molecule has 2 aromatic carbocycles. The minimum atomic E-state index is 0.570. The Morgan fingerprint density at radius 1 is 0.950 bits per heavy atom. The van der Waals surface area contributed by atoms with Crippen LogP contribution in [0.25, 0.3) is 0 Å². The molecule has 2 atom stereocenters. The van der Waals surface area contributed by atoms with E-state index < -0.39 is 0 Å². The fourth-order valence-corrected chi connectivity index (χ4v) is 2.97. The average molecular weight is 362 g/mol. The van der Waals surface area contributed by atoms with E-state index in [-0.39, 0.29) is 0 Å². The Bertz CT molecular complexity index is 533. The summed E-state index contributed by atoms with van der Waals surface area (Å²) >= 11 is 9.83. The molecule has 2 rings (SSSR count). The van der Waals surface area contributed by atoms with Crippen LogP contribution < -0.4 is 16.0 Å². The molecule has 3 nitrogen and oxygen atoms in total. The average Bonchev–Trinajstić information content (AvgIpc) is 2.45. The lowest BCUT2D eigenvalue weighted by Gasteiger charge is -2.04. The molecule has 108 valence electrons. The van der Waals surface area contributed by atoms with E-state index in [1.807, 2.05) is 30.3 Å². The summed E-state index contributed by atoms with van der Waals surface area (Å²) < 4.78 is 4.87. The molecule has 0 aliphatic heterocycles. The topological polar surface area (TPSA) is 61.3 Å². The van der Waals surface area contributed by atoms with Gasteiger partial charge >= 0.3 is 0 Å². The van der Waals surface area contributed by atoms with E-state index in [1.165, 1.54) is 0 Å². The van der Waals surface area contributed by atoms with Gasteiger partial charge in [0, 0.05) is 14.7 Å². The van der Waals surface area contributed by atoms with Crippen LogP contribution in [0.3, 0.4) is 0 Å². The fourth-order valence-electron chi connectivity index (χ4n) is 1.27. The molecule has 0 aromatic heterocycles. The quantitative estimate of drug-likeness (QED) is 0.368. The number of hydrogen-bond acceptors (Lipinski definition) is 6. The number of para-hydroxylation sites is 2. The van der Waals surface area contributed by atoms with Gasteiger partial charge in [0.2, 0.25) is 0 Å². The maximum atomic E-state index is 5.68. The molecule has 0 saturated carbocycles. The van der Waals surface area contributed by atoms with Crippen LogP contribution in [0.15, 0.2) is 51.1 Å². The molecule has 0 amide bonds. The zero-order valence-electron chi connectivity index (χ0n) is 10.5. The number of nitrogens with two attached hydrogens (primary N) is 2. The molecular weight excluding hydrogens is 346 g/mol. The largest absolute Gasteiger partial charge is 0.478 e. The number of anilines is 2. The summed E-state index contributed by atoms with van der Waals surface area (Å²) in [6.45, 7) is 0. The van der Waals surface area contributed by atoms with Crippen molar-refractivity contribution in [1.82, 2.24) is 0 Å². The van der Waals surface area contributed by atoms with Crippen LogP contribution in [0.1, 0.15) is 0 Å². The molecule has 2 unspecified atom stereocenters. The van der Waals surface area contributed by atoms with Crippen LogP contribution in [0.2, 0.25) is 0 Å². The molecule has 0 heterocycles. The first-order chi connectivity index (χ1) is 9.51. The van der Waals surface area contributed by atoms with Gasteiger partial charge in [0.1, 0.15) is 5.75 Å². The normalized spacial score (nSPS) is 9.60. The van der Waals surface area contributed by atoms with Crippen LogP contribution in [0.4, 0.5) is 11.4 Å². The van der Waals surface area contributed by atoms with Crippen molar-refractivity contribution in [2.45, 2.75) is 14.7 Å². The molecule has 0 bridgehead atoms. The van der Waals surface area contributed by atoms with E-state index in [0.717, 1.165) is 20.4 Å². The maximum absolute atomic E-state index is 5.68. The maximum Gasteiger partial charge on any atom is 0.146 e. The van der Waals surface area contributed by atoms with Crippen molar-refractivity contribution in [1.29, 1.82) is 0 Å². The summed E-state index contributed by atoms with van der Waals surface area (Å²) in [6.07, 6.45) is 0. The van der Waals surface area contributed by atoms with E-state index in [1.54, 1.807) is 17.4 Å². The van der Waals surface area contributed by atoms with E-state index in [9.17, 15) is 0 Å². The molecule has 20 heavy (non-hydrogen) atoms. The number of thiol groups is 2. The van der Waals surface area contributed by atoms with E-state index in [0.29, 0.717) is 11.4 Å². The summed E-state index contributed by atoms with van der Waals surface area (Å²) in [4.78, 5) is 2.63. The number of rotatable bonds is 2. The second kappa shape index (κ2) is 8.91. The van der Waals surface area contributed by atoms with Gasteiger partial charge in [0.25, 0.3) is 0 Å². The molecule has 0 aliphatic carbocycles. The summed E-state index contributed by atoms with van der Waals surface area (Å²) in [5.41, 5.74) is 12.6. The van der Waals surface area contributed by atoms with Crippen molar-refractivity contribution in [2.75, 3.05) is 11.5 Å². The molecule has 8 heteroatoms. The number of nitrogen functional groups attached to an aromatic ring is 2. The minimum absolute atomic E-state index is 0.570. The Balaban J connectivity index is 0.000000200. The summed E-state index contributed by atoms with van der Waals surface area (Å²) in [6, 6.07) is 11.2. The highest BCUT2D eigenvalue weighted by molar-refractivity contribution is 8.43. The molecule has 4 N–H and O–H groups in total. The Labute approximate surface area is 138 Å².